The highest BCUT2D eigenvalue weighted by molar-refractivity contribution is 6.34. The minimum atomic E-state index is -0.209. The van der Waals surface area contributed by atoms with Crippen molar-refractivity contribution < 1.29 is 4.79 Å². The van der Waals surface area contributed by atoms with Crippen LogP contribution in [0.25, 0.3) is 0 Å². The Bertz CT molecular complexity index is 464. The molecule has 1 aromatic heterocycles. The van der Waals surface area contributed by atoms with Crippen molar-refractivity contribution in [2.45, 2.75) is 39.7 Å². The van der Waals surface area contributed by atoms with Crippen LogP contribution in [0.4, 0.5) is 0 Å². The Balaban J connectivity index is 2.43. The highest BCUT2D eigenvalue weighted by atomic mass is 35.5. The van der Waals surface area contributed by atoms with Crippen LogP contribution < -0.4 is 5.32 Å². The van der Waals surface area contributed by atoms with Crippen LogP contribution >= 0.6 is 23.2 Å². The first-order valence-corrected chi connectivity index (χ1v) is 8.08. The van der Waals surface area contributed by atoms with Gasteiger partial charge in [-0.25, -0.2) is 4.98 Å². The van der Waals surface area contributed by atoms with E-state index in [-0.39, 0.29) is 22.3 Å². The number of hydrogen-bond acceptors (Lipinski definition) is 3. The Morgan fingerprint density at radius 2 is 2.00 bits per heavy atom. The average molecular weight is 332 g/mol. The van der Waals surface area contributed by atoms with Crippen molar-refractivity contribution in [3.63, 3.8) is 0 Å². The molecule has 1 amide bonds. The summed E-state index contributed by atoms with van der Waals surface area (Å²) < 4.78 is 0. The lowest BCUT2D eigenvalue weighted by Gasteiger charge is -2.19. The molecule has 0 aliphatic carbocycles. The number of nitrogens with one attached hydrogen (secondary N) is 1. The predicted molar refractivity (Wildman–Crippen MR) is 88.2 cm³/mol. The fourth-order valence-corrected chi connectivity index (χ4v) is 2.55. The minimum absolute atomic E-state index is 0.0970. The van der Waals surface area contributed by atoms with Crippen LogP contribution in [0.15, 0.2) is 12.1 Å². The van der Waals surface area contributed by atoms with Gasteiger partial charge in [0.2, 0.25) is 0 Å². The van der Waals surface area contributed by atoms with E-state index >= 15 is 0 Å². The first-order valence-electron chi connectivity index (χ1n) is 7.33. The SMILES string of the molecule is CCN(CC)CCCC(C)NC(=O)c1ccc(Cl)nc1Cl. The van der Waals surface area contributed by atoms with Crippen molar-refractivity contribution in [1.29, 1.82) is 0 Å². The number of aromatic nitrogens is 1. The molecule has 1 N–H and O–H groups in total. The van der Waals surface area contributed by atoms with Gasteiger partial charge in [0, 0.05) is 6.04 Å². The predicted octanol–water partition coefficient (Wildman–Crippen LogP) is 3.63. The second-order valence-electron chi connectivity index (χ2n) is 5.02. The van der Waals surface area contributed by atoms with Gasteiger partial charge in [-0.15, -0.1) is 0 Å². The Labute approximate surface area is 136 Å². The molecule has 1 unspecified atom stereocenters. The molecule has 1 atom stereocenters. The molecule has 0 radical (unpaired) electrons. The van der Waals surface area contributed by atoms with Gasteiger partial charge in [0.25, 0.3) is 5.91 Å². The molecular weight excluding hydrogens is 309 g/mol. The highest BCUT2D eigenvalue weighted by Crippen LogP contribution is 2.16. The Morgan fingerprint density at radius 3 is 2.57 bits per heavy atom. The molecule has 21 heavy (non-hydrogen) atoms. The summed E-state index contributed by atoms with van der Waals surface area (Å²) in [4.78, 5) is 18.3. The third-order valence-corrected chi connectivity index (χ3v) is 3.94. The molecule has 0 fully saturated rings. The van der Waals surface area contributed by atoms with Gasteiger partial charge in [0.1, 0.15) is 10.3 Å². The molecule has 0 saturated carbocycles. The van der Waals surface area contributed by atoms with E-state index in [1.807, 2.05) is 6.92 Å². The zero-order valence-electron chi connectivity index (χ0n) is 12.8. The van der Waals surface area contributed by atoms with E-state index in [0.717, 1.165) is 32.5 Å². The first kappa shape index (κ1) is 18.2. The minimum Gasteiger partial charge on any atom is -0.349 e. The van der Waals surface area contributed by atoms with Gasteiger partial charge in [-0.3, -0.25) is 4.79 Å². The maximum absolute atomic E-state index is 12.1. The summed E-state index contributed by atoms with van der Waals surface area (Å²) in [6.07, 6.45) is 1.98. The number of nitrogens with zero attached hydrogens (tertiary/aromatic N) is 2. The molecule has 0 spiro atoms. The van der Waals surface area contributed by atoms with Crippen LogP contribution in [0, 0.1) is 0 Å². The summed E-state index contributed by atoms with van der Waals surface area (Å²) in [6.45, 7) is 9.48. The number of amides is 1. The summed E-state index contributed by atoms with van der Waals surface area (Å²) in [5.74, 6) is -0.209. The van der Waals surface area contributed by atoms with Crippen molar-refractivity contribution in [1.82, 2.24) is 15.2 Å². The maximum Gasteiger partial charge on any atom is 0.254 e. The summed E-state index contributed by atoms with van der Waals surface area (Å²) in [7, 11) is 0. The van der Waals surface area contributed by atoms with Crippen molar-refractivity contribution >= 4 is 29.1 Å². The number of carbonyl (C=O) groups is 1. The van der Waals surface area contributed by atoms with Crippen LogP contribution in [0.5, 0.6) is 0 Å². The van der Waals surface area contributed by atoms with Gasteiger partial charge >= 0.3 is 0 Å². The molecule has 1 heterocycles. The van der Waals surface area contributed by atoms with Crippen LogP contribution in [0.3, 0.4) is 0 Å². The van der Waals surface area contributed by atoms with Gasteiger partial charge in [-0.05, 0) is 51.5 Å². The molecule has 1 aromatic rings. The summed E-state index contributed by atoms with van der Waals surface area (Å²) in [5.41, 5.74) is 0.358. The van der Waals surface area contributed by atoms with Crippen LogP contribution in [-0.2, 0) is 0 Å². The smallest absolute Gasteiger partial charge is 0.254 e. The van der Waals surface area contributed by atoms with Crippen molar-refractivity contribution in [2.24, 2.45) is 0 Å². The van der Waals surface area contributed by atoms with E-state index in [4.69, 9.17) is 23.2 Å². The fourth-order valence-electron chi connectivity index (χ4n) is 2.12. The molecule has 118 valence electrons. The lowest BCUT2D eigenvalue weighted by molar-refractivity contribution is 0.0937. The topological polar surface area (TPSA) is 45.2 Å². The monoisotopic (exact) mass is 331 g/mol. The fraction of sp³-hybridized carbons (Fsp3) is 0.600. The zero-order valence-corrected chi connectivity index (χ0v) is 14.3. The second kappa shape index (κ2) is 9.23. The standard InChI is InChI=1S/C15H23Cl2N3O/c1-4-20(5-2)10-6-7-11(3)18-15(21)12-8-9-13(16)19-14(12)17/h8-9,11H,4-7,10H2,1-3H3,(H,18,21). The summed E-state index contributed by atoms with van der Waals surface area (Å²) >= 11 is 11.6. The molecule has 0 aliphatic heterocycles. The normalized spacial score (nSPS) is 12.5. The maximum atomic E-state index is 12.1. The molecular formula is C15H23Cl2N3O. The van der Waals surface area contributed by atoms with Gasteiger partial charge in [0.15, 0.2) is 0 Å². The quantitative estimate of drug-likeness (QED) is 0.740. The van der Waals surface area contributed by atoms with E-state index in [9.17, 15) is 4.79 Å². The van der Waals surface area contributed by atoms with Gasteiger partial charge < -0.3 is 10.2 Å². The van der Waals surface area contributed by atoms with Crippen LogP contribution in [0.2, 0.25) is 10.3 Å². The Kier molecular flexibility index (Phi) is 8.01. The van der Waals surface area contributed by atoms with Crippen LogP contribution in [0.1, 0.15) is 44.0 Å². The van der Waals surface area contributed by atoms with E-state index in [0.29, 0.717) is 5.56 Å². The molecule has 0 saturated heterocycles. The average Bonchev–Trinajstić information content (AvgIpc) is 2.43. The Hall–Kier alpha value is -0.840. The van der Waals surface area contributed by atoms with Crippen molar-refractivity contribution in [3.8, 4) is 0 Å². The zero-order chi connectivity index (χ0) is 15.8. The van der Waals surface area contributed by atoms with Crippen molar-refractivity contribution in [3.05, 3.63) is 28.0 Å². The lowest BCUT2D eigenvalue weighted by atomic mass is 10.1. The van der Waals surface area contributed by atoms with E-state index < -0.39 is 0 Å². The van der Waals surface area contributed by atoms with E-state index in [1.165, 1.54) is 0 Å². The number of halogens is 2. The Morgan fingerprint density at radius 1 is 1.33 bits per heavy atom. The molecule has 0 aliphatic rings. The summed E-state index contributed by atoms with van der Waals surface area (Å²) in [5, 5.41) is 3.36. The third kappa shape index (κ3) is 6.20. The molecule has 6 heteroatoms. The summed E-state index contributed by atoms with van der Waals surface area (Å²) in [6, 6.07) is 3.25. The molecule has 0 aromatic carbocycles. The number of rotatable bonds is 8. The first-order chi connectivity index (χ1) is 9.97. The van der Waals surface area contributed by atoms with Crippen molar-refractivity contribution in [2.75, 3.05) is 19.6 Å². The largest absolute Gasteiger partial charge is 0.349 e. The molecule has 0 bridgehead atoms. The second-order valence-corrected chi connectivity index (χ2v) is 5.76. The highest BCUT2D eigenvalue weighted by Gasteiger charge is 2.14. The molecule has 1 rings (SSSR count). The van der Waals surface area contributed by atoms with Gasteiger partial charge in [-0.1, -0.05) is 37.0 Å². The van der Waals surface area contributed by atoms with Gasteiger partial charge in [0.05, 0.1) is 5.56 Å². The van der Waals surface area contributed by atoms with E-state index in [2.05, 4.69) is 29.0 Å². The number of carbonyl (C=O) groups excluding carboxylic acids is 1. The number of pyridine rings is 1. The lowest BCUT2D eigenvalue weighted by Crippen LogP contribution is -2.34. The van der Waals surface area contributed by atoms with Crippen LogP contribution in [-0.4, -0.2) is 41.5 Å². The third-order valence-electron chi connectivity index (χ3n) is 3.44. The van der Waals surface area contributed by atoms with E-state index in [1.54, 1.807) is 12.1 Å². The molecule has 4 nitrogen and oxygen atoms in total. The van der Waals surface area contributed by atoms with Gasteiger partial charge in [-0.2, -0.15) is 0 Å². The number of hydrogen-bond donors (Lipinski definition) is 1.